The lowest BCUT2D eigenvalue weighted by atomic mass is 10.0. The average Bonchev–Trinajstić information content (AvgIpc) is 2.86. The van der Waals surface area contributed by atoms with Gasteiger partial charge in [0.05, 0.1) is 19.2 Å². The molecule has 18 heavy (non-hydrogen) atoms. The summed E-state index contributed by atoms with van der Waals surface area (Å²) >= 11 is 6.20. The SMILES string of the molecule is COc1cc(Cl)c(CC2CCCN2)c(O)c1OC. The predicted molar refractivity (Wildman–Crippen MR) is 70.9 cm³/mol. The van der Waals surface area contributed by atoms with Crippen molar-refractivity contribution in [2.24, 2.45) is 0 Å². The van der Waals surface area contributed by atoms with Crippen LogP contribution >= 0.6 is 11.6 Å². The predicted octanol–water partition coefficient (Wildman–Crippen LogP) is 2.36. The molecule has 5 heteroatoms. The highest BCUT2D eigenvalue weighted by molar-refractivity contribution is 6.31. The van der Waals surface area contributed by atoms with Crippen LogP contribution < -0.4 is 14.8 Å². The second-order valence-corrected chi connectivity index (χ2v) is 4.83. The minimum Gasteiger partial charge on any atom is -0.504 e. The second-order valence-electron chi connectivity index (χ2n) is 4.42. The molecule has 0 spiro atoms. The zero-order chi connectivity index (χ0) is 13.1. The topological polar surface area (TPSA) is 50.7 Å². The molecule has 1 aliphatic heterocycles. The van der Waals surface area contributed by atoms with E-state index < -0.39 is 0 Å². The first kappa shape index (κ1) is 13.3. The summed E-state index contributed by atoms with van der Waals surface area (Å²) in [7, 11) is 3.02. The van der Waals surface area contributed by atoms with E-state index in [2.05, 4.69) is 5.32 Å². The Hall–Kier alpha value is -1.13. The van der Waals surface area contributed by atoms with Crippen LogP contribution in [0.4, 0.5) is 0 Å². The molecular weight excluding hydrogens is 254 g/mol. The number of phenolic OH excluding ortho intramolecular Hbond substituents is 1. The quantitative estimate of drug-likeness (QED) is 0.883. The van der Waals surface area contributed by atoms with E-state index in [-0.39, 0.29) is 5.75 Å². The van der Waals surface area contributed by atoms with Gasteiger partial charge in [0, 0.05) is 17.7 Å². The van der Waals surface area contributed by atoms with Crippen LogP contribution in [-0.2, 0) is 6.42 Å². The average molecular weight is 272 g/mol. The summed E-state index contributed by atoms with van der Waals surface area (Å²) in [6.07, 6.45) is 2.96. The van der Waals surface area contributed by atoms with Crippen molar-refractivity contribution in [3.8, 4) is 17.2 Å². The van der Waals surface area contributed by atoms with Gasteiger partial charge in [0.2, 0.25) is 5.75 Å². The Morgan fingerprint density at radius 3 is 2.78 bits per heavy atom. The molecule has 0 amide bonds. The van der Waals surface area contributed by atoms with Crippen molar-refractivity contribution in [2.75, 3.05) is 20.8 Å². The summed E-state index contributed by atoms with van der Waals surface area (Å²) in [5, 5.41) is 14.1. The number of phenols is 1. The Kier molecular flexibility index (Phi) is 4.19. The van der Waals surface area contributed by atoms with Crippen LogP contribution in [-0.4, -0.2) is 31.9 Å². The molecule has 1 atom stereocenters. The van der Waals surface area contributed by atoms with Gasteiger partial charge >= 0.3 is 0 Å². The fraction of sp³-hybridized carbons (Fsp3) is 0.538. The van der Waals surface area contributed by atoms with Gasteiger partial charge in [-0.25, -0.2) is 0 Å². The van der Waals surface area contributed by atoms with E-state index in [0.717, 1.165) is 19.4 Å². The Morgan fingerprint density at radius 2 is 2.22 bits per heavy atom. The fourth-order valence-corrected chi connectivity index (χ4v) is 2.62. The highest BCUT2D eigenvalue weighted by Gasteiger charge is 2.22. The molecule has 100 valence electrons. The summed E-state index contributed by atoms with van der Waals surface area (Å²) in [5.74, 6) is 0.869. The number of aromatic hydroxyl groups is 1. The molecule has 1 fully saturated rings. The molecule has 4 nitrogen and oxygen atoms in total. The van der Waals surface area contributed by atoms with E-state index in [4.69, 9.17) is 21.1 Å². The maximum Gasteiger partial charge on any atom is 0.203 e. The summed E-state index contributed by atoms with van der Waals surface area (Å²) in [4.78, 5) is 0. The third kappa shape index (κ3) is 2.49. The molecule has 0 aliphatic carbocycles. The van der Waals surface area contributed by atoms with Crippen LogP contribution in [0.25, 0.3) is 0 Å². The zero-order valence-electron chi connectivity index (χ0n) is 10.6. The Balaban J connectivity index is 2.33. The van der Waals surface area contributed by atoms with E-state index in [1.807, 2.05) is 0 Å². The lowest BCUT2D eigenvalue weighted by molar-refractivity contribution is 0.330. The summed E-state index contributed by atoms with van der Waals surface area (Å²) in [5.41, 5.74) is 0.716. The van der Waals surface area contributed by atoms with Gasteiger partial charge in [-0.3, -0.25) is 0 Å². The molecule has 0 bridgehead atoms. The molecule has 0 saturated carbocycles. The van der Waals surface area contributed by atoms with Gasteiger partial charge in [-0.2, -0.15) is 0 Å². The van der Waals surface area contributed by atoms with Gasteiger partial charge in [0.25, 0.3) is 0 Å². The minimum absolute atomic E-state index is 0.0792. The van der Waals surface area contributed by atoms with E-state index in [1.165, 1.54) is 14.2 Å². The molecule has 2 N–H and O–H groups in total. The normalized spacial score (nSPS) is 18.9. The number of benzene rings is 1. The molecule has 0 radical (unpaired) electrons. The van der Waals surface area contributed by atoms with Crippen molar-refractivity contribution in [1.82, 2.24) is 5.32 Å². The third-order valence-electron chi connectivity index (χ3n) is 3.31. The van der Waals surface area contributed by atoms with Crippen LogP contribution in [0.2, 0.25) is 5.02 Å². The fourth-order valence-electron chi connectivity index (χ4n) is 2.36. The smallest absolute Gasteiger partial charge is 0.203 e. The van der Waals surface area contributed by atoms with Gasteiger partial charge in [-0.1, -0.05) is 11.6 Å². The van der Waals surface area contributed by atoms with Crippen molar-refractivity contribution in [2.45, 2.75) is 25.3 Å². The number of methoxy groups -OCH3 is 2. The highest BCUT2D eigenvalue weighted by atomic mass is 35.5. The first-order chi connectivity index (χ1) is 8.67. The molecule has 2 rings (SSSR count). The molecule has 1 saturated heterocycles. The second kappa shape index (κ2) is 5.67. The molecule has 1 aliphatic rings. The maximum absolute atomic E-state index is 10.2. The largest absolute Gasteiger partial charge is 0.504 e. The van der Waals surface area contributed by atoms with Crippen molar-refractivity contribution >= 4 is 11.6 Å². The lowest BCUT2D eigenvalue weighted by Crippen LogP contribution is -2.23. The van der Waals surface area contributed by atoms with Crippen molar-refractivity contribution < 1.29 is 14.6 Å². The molecular formula is C13H18ClNO3. The summed E-state index contributed by atoms with van der Waals surface area (Å²) in [6, 6.07) is 2.05. The van der Waals surface area contributed by atoms with Crippen LogP contribution in [0.3, 0.4) is 0 Å². The van der Waals surface area contributed by atoms with Crippen LogP contribution in [0.1, 0.15) is 18.4 Å². The zero-order valence-corrected chi connectivity index (χ0v) is 11.4. The Bertz CT molecular complexity index is 431. The molecule has 1 aromatic rings. The number of ether oxygens (including phenoxy) is 2. The van der Waals surface area contributed by atoms with Gasteiger partial charge in [-0.05, 0) is 25.8 Å². The maximum atomic E-state index is 10.2. The standard InChI is InChI=1S/C13H18ClNO3/c1-17-11-7-10(14)9(12(16)13(11)18-2)6-8-4-3-5-15-8/h7-8,15-16H,3-6H2,1-2H3. The number of rotatable bonds is 4. The molecule has 1 aromatic carbocycles. The van der Waals surface area contributed by atoms with E-state index in [9.17, 15) is 5.11 Å². The van der Waals surface area contributed by atoms with E-state index >= 15 is 0 Å². The number of hydrogen-bond donors (Lipinski definition) is 2. The Labute approximate surface area is 112 Å². The highest BCUT2D eigenvalue weighted by Crippen LogP contribution is 2.43. The van der Waals surface area contributed by atoms with Crippen LogP contribution in [0.15, 0.2) is 6.07 Å². The summed E-state index contributed by atoms with van der Waals surface area (Å²) < 4.78 is 10.3. The molecule has 1 heterocycles. The van der Waals surface area contributed by atoms with Crippen molar-refractivity contribution in [3.05, 3.63) is 16.7 Å². The van der Waals surface area contributed by atoms with E-state index in [0.29, 0.717) is 34.5 Å². The van der Waals surface area contributed by atoms with Crippen molar-refractivity contribution in [3.63, 3.8) is 0 Å². The van der Waals surface area contributed by atoms with Crippen molar-refractivity contribution in [1.29, 1.82) is 0 Å². The molecule has 0 aromatic heterocycles. The first-order valence-electron chi connectivity index (χ1n) is 6.03. The van der Waals surface area contributed by atoms with Crippen LogP contribution in [0, 0.1) is 0 Å². The monoisotopic (exact) mass is 271 g/mol. The van der Waals surface area contributed by atoms with Crippen LogP contribution in [0.5, 0.6) is 17.2 Å². The number of hydrogen-bond acceptors (Lipinski definition) is 4. The first-order valence-corrected chi connectivity index (χ1v) is 6.40. The lowest BCUT2D eigenvalue weighted by Gasteiger charge is -2.17. The van der Waals surface area contributed by atoms with Gasteiger partial charge in [-0.15, -0.1) is 0 Å². The van der Waals surface area contributed by atoms with E-state index in [1.54, 1.807) is 6.07 Å². The minimum atomic E-state index is 0.0792. The number of nitrogens with one attached hydrogen (secondary N) is 1. The Morgan fingerprint density at radius 1 is 1.44 bits per heavy atom. The number of halogens is 1. The van der Waals surface area contributed by atoms with Gasteiger partial charge < -0.3 is 19.9 Å². The van der Waals surface area contributed by atoms with Gasteiger partial charge in [0.1, 0.15) is 0 Å². The molecule has 1 unspecified atom stereocenters. The third-order valence-corrected chi connectivity index (χ3v) is 3.64. The summed E-state index contributed by atoms with van der Waals surface area (Å²) in [6.45, 7) is 1.02. The van der Waals surface area contributed by atoms with Gasteiger partial charge in [0.15, 0.2) is 11.5 Å².